The quantitative estimate of drug-likeness (QED) is 0.499. The van der Waals surface area contributed by atoms with Crippen molar-refractivity contribution in [3.05, 3.63) is 48.0 Å². The summed E-state index contributed by atoms with van der Waals surface area (Å²) in [5.41, 5.74) is 5.17. The van der Waals surface area contributed by atoms with Crippen LogP contribution >= 0.6 is 0 Å². The van der Waals surface area contributed by atoms with E-state index in [-0.39, 0.29) is 5.75 Å². The molecular weight excluding hydrogens is 280 g/mol. The Kier molecular flexibility index (Phi) is 3.91. The van der Waals surface area contributed by atoms with Crippen molar-refractivity contribution < 1.29 is 9.84 Å². The number of phenols is 1. The van der Waals surface area contributed by atoms with Gasteiger partial charge in [-0.05, 0) is 31.2 Å². The smallest absolute Gasteiger partial charge is 0.222 e. The molecule has 112 valence electrons. The predicted octanol–water partition coefficient (Wildman–Crippen LogP) is 3.11. The first kappa shape index (κ1) is 13.9. The largest absolute Gasteiger partial charge is 0.504 e. The molecule has 0 saturated carbocycles. The molecule has 1 heterocycles. The lowest BCUT2D eigenvalue weighted by Gasteiger charge is -2.06. The summed E-state index contributed by atoms with van der Waals surface area (Å²) >= 11 is 0. The number of hydrogen-bond acceptors (Lipinski definition) is 5. The lowest BCUT2D eigenvalue weighted by molar-refractivity contribution is 0.318. The summed E-state index contributed by atoms with van der Waals surface area (Å²) in [5, 5.41) is 14.1. The monoisotopic (exact) mass is 296 g/mol. The molecule has 0 fully saturated rings. The van der Waals surface area contributed by atoms with Gasteiger partial charge in [-0.3, -0.25) is 0 Å². The number of imidazole rings is 1. The molecule has 3 rings (SSSR count). The summed E-state index contributed by atoms with van der Waals surface area (Å²) in [4.78, 5) is 7.45. The Labute approximate surface area is 127 Å². The number of fused-ring (bicyclic) bond motifs is 1. The van der Waals surface area contributed by atoms with E-state index < -0.39 is 0 Å². The molecule has 3 aromatic rings. The zero-order valence-electron chi connectivity index (χ0n) is 12.1. The van der Waals surface area contributed by atoms with Gasteiger partial charge in [0.15, 0.2) is 11.5 Å². The van der Waals surface area contributed by atoms with E-state index in [0.29, 0.717) is 23.9 Å². The van der Waals surface area contributed by atoms with Crippen LogP contribution < -0.4 is 10.2 Å². The molecule has 6 heteroatoms. The Morgan fingerprint density at radius 3 is 2.95 bits per heavy atom. The fourth-order valence-electron chi connectivity index (χ4n) is 2.08. The summed E-state index contributed by atoms with van der Waals surface area (Å²) in [6.07, 6.45) is 1.52. The van der Waals surface area contributed by atoms with Gasteiger partial charge >= 0.3 is 0 Å². The van der Waals surface area contributed by atoms with Gasteiger partial charge in [-0.1, -0.05) is 18.2 Å². The molecule has 0 radical (unpaired) electrons. The second kappa shape index (κ2) is 6.17. The average molecular weight is 296 g/mol. The van der Waals surface area contributed by atoms with E-state index in [1.807, 2.05) is 31.2 Å². The second-order valence-corrected chi connectivity index (χ2v) is 4.60. The van der Waals surface area contributed by atoms with Gasteiger partial charge in [0.2, 0.25) is 5.95 Å². The molecule has 0 saturated heterocycles. The molecule has 6 nitrogen and oxygen atoms in total. The highest BCUT2D eigenvalue weighted by molar-refractivity contribution is 5.85. The highest BCUT2D eigenvalue weighted by Gasteiger charge is 2.05. The van der Waals surface area contributed by atoms with Crippen molar-refractivity contribution in [3.8, 4) is 11.5 Å². The van der Waals surface area contributed by atoms with Crippen molar-refractivity contribution in [3.63, 3.8) is 0 Å². The fraction of sp³-hybridized carbons (Fsp3) is 0.125. The molecule has 22 heavy (non-hydrogen) atoms. The zero-order chi connectivity index (χ0) is 15.4. The van der Waals surface area contributed by atoms with Gasteiger partial charge in [0.05, 0.1) is 23.9 Å². The molecule has 0 amide bonds. The van der Waals surface area contributed by atoms with Crippen LogP contribution in [-0.2, 0) is 0 Å². The summed E-state index contributed by atoms with van der Waals surface area (Å²) in [5.74, 6) is 1.05. The van der Waals surface area contributed by atoms with Crippen molar-refractivity contribution in [1.82, 2.24) is 9.97 Å². The zero-order valence-corrected chi connectivity index (χ0v) is 12.1. The highest BCUT2D eigenvalue weighted by Crippen LogP contribution is 2.28. The molecule has 0 bridgehead atoms. The van der Waals surface area contributed by atoms with Crippen LogP contribution in [0.5, 0.6) is 11.5 Å². The number of anilines is 1. The van der Waals surface area contributed by atoms with Crippen molar-refractivity contribution in [1.29, 1.82) is 0 Å². The Balaban J connectivity index is 1.75. The van der Waals surface area contributed by atoms with Crippen molar-refractivity contribution in [2.45, 2.75) is 6.92 Å². The van der Waals surface area contributed by atoms with E-state index in [9.17, 15) is 5.11 Å². The van der Waals surface area contributed by atoms with Gasteiger partial charge in [-0.2, -0.15) is 5.10 Å². The van der Waals surface area contributed by atoms with Gasteiger partial charge in [0, 0.05) is 5.56 Å². The lowest BCUT2D eigenvalue weighted by atomic mass is 10.2. The number of aromatic nitrogens is 2. The number of aromatic hydroxyl groups is 1. The maximum Gasteiger partial charge on any atom is 0.222 e. The van der Waals surface area contributed by atoms with Crippen LogP contribution in [0.15, 0.2) is 47.6 Å². The number of H-pyrrole nitrogens is 1. The number of nitrogens with one attached hydrogen (secondary N) is 2. The van der Waals surface area contributed by atoms with Crippen LogP contribution in [-0.4, -0.2) is 27.9 Å². The van der Waals surface area contributed by atoms with Crippen LogP contribution in [0.4, 0.5) is 5.95 Å². The summed E-state index contributed by atoms with van der Waals surface area (Å²) < 4.78 is 5.33. The van der Waals surface area contributed by atoms with Gasteiger partial charge in [0.25, 0.3) is 0 Å². The molecule has 2 aromatic carbocycles. The minimum atomic E-state index is 0.0690. The second-order valence-electron chi connectivity index (χ2n) is 4.60. The van der Waals surface area contributed by atoms with Crippen LogP contribution in [0.3, 0.4) is 0 Å². The molecule has 0 aliphatic heterocycles. The Morgan fingerprint density at radius 1 is 1.27 bits per heavy atom. The Bertz CT molecular complexity index is 778. The van der Waals surface area contributed by atoms with E-state index in [0.717, 1.165) is 11.0 Å². The first-order valence-corrected chi connectivity index (χ1v) is 6.96. The summed E-state index contributed by atoms with van der Waals surface area (Å²) in [6.45, 7) is 2.36. The molecule has 0 aliphatic rings. The molecule has 0 unspecified atom stereocenters. The molecular formula is C16H16N4O2. The van der Waals surface area contributed by atoms with E-state index >= 15 is 0 Å². The maximum atomic E-state index is 10.1. The first-order chi connectivity index (χ1) is 10.8. The fourth-order valence-corrected chi connectivity index (χ4v) is 2.08. The van der Waals surface area contributed by atoms with E-state index in [1.54, 1.807) is 18.2 Å². The molecule has 1 aromatic heterocycles. The Morgan fingerprint density at radius 2 is 2.14 bits per heavy atom. The number of ether oxygens (including phenoxy) is 1. The number of hydrazone groups is 1. The number of aromatic amines is 1. The lowest BCUT2D eigenvalue weighted by Crippen LogP contribution is -1.95. The number of nitrogens with zero attached hydrogens (tertiary/aromatic N) is 2. The van der Waals surface area contributed by atoms with Crippen molar-refractivity contribution >= 4 is 23.2 Å². The van der Waals surface area contributed by atoms with Crippen LogP contribution in [0.1, 0.15) is 12.5 Å². The standard InChI is InChI=1S/C16H16N4O2/c1-2-22-14-9-5-6-11(15(14)21)10-17-20-16-18-12-7-3-4-8-13(12)19-16/h3-10,21H,2H2,1H3,(H2,18,19,20)/b17-10-. The van der Waals surface area contributed by atoms with E-state index in [1.165, 1.54) is 6.21 Å². The SMILES string of the molecule is CCOc1cccc(/C=N\Nc2nc3ccccc3[nH]2)c1O. The molecule has 3 N–H and O–H groups in total. The van der Waals surface area contributed by atoms with Gasteiger partial charge in [-0.25, -0.2) is 10.4 Å². The number of phenolic OH excluding ortho intramolecular Hbond substituents is 1. The minimum absolute atomic E-state index is 0.0690. The van der Waals surface area contributed by atoms with Crippen LogP contribution in [0.25, 0.3) is 11.0 Å². The number of para-hydroxylation sites is 3. The Hall–Kier alpha value is -3.02. The normalized spacial score (nSPS) is 11.1. The first-order valence-electron chi connectivity index (χ1n) is 6.96. The third-order valence-corrected chi connectivity index (χ3v) is 3.09. The number of hydrogen-bond donors (Lipinski definition) is 3. The van der Waals surface area contributed by atoms with Crippen molar-refractivity contribution in [2.75, 3.05) is 12.0 Å². The molecule has 0 aliphatic carbocycles. The summed E-state index contributed by atoms with van der Waals surface area (Å²) in [7, 11) is 0. The maximum absolute atomic E-state index is 10.1. The van der Waals surface area contributed by atoms with Crippen LogP contribution in [0.2, 0.25) is 0 Å². The van der Waals surface area contributed by atoms with Crippen molar-refractivity contribution in [2.24, 2.45) is 5.10 Å². The number of benzene rings is 2. The van der Waals surface area contributed by atoms with Crippen LogP contribution in [0, 0.1) is 0 Å². The molecule has 0 spiro atoms. The third-order valence-electron chi connectivity index (χ3n) is 3.09. The predicted molar refractivity (Wildman–Crippen MR) is 86.6 cm³/mol. The average Bonchev–Trinajstić information content (AvgIpc) is 2.94. The van der Waals surface area contributed by atoms with E-state index in [4.69, 9.17) is 4.74 Å². The van der Waals surface area contributed by atoms with Gasteiger partial charge < -0.3 is 14.8 Å². The molecule has 0 atom stereocenters. The van der Waals surface area contributed by atoms with Gasteiger partial charge in [-0.15, -0.1) is 0 Å². The van der Waals surface area contributed by atoms with Gasteiger partial charge in [0.1, 0.15) is 0 Å². The third kappa shape index (κ3) is 2.85. The number of rotatable bonds is 5. The highest BCUT2D eigenvalue weighted by atomic mass is 16.5. The summed E-state index contributed by atoms with van der Waals surface area (Å²) in [6, 6.07) is 13.0. The van der Waals surface area contributed by atoms with E-state index in [2.05, 4.69) is 20.5 Å². The topological polar surface area (TPSA) is 82.5 Å². The minimum Gasteiger partial charge on any atom is -0.504 e.